The monoisotopic (exact) mass is 424 g/mol. The van der Waals surface area contributed by atoms with E-state index in [9.17, 15) is 13.2 Å². The van der Waals surface area contributed by atoms with Crippen LogP contribution in [0.5, 0.6) is 0 Å². The normalized spacial score (nSPS) is 27.3. The van der Waals surface area contributed by atoms with Gasteiger partial charge in [-0.1, -0.05) is 19.9 Å². The number of amides is 1. The van der Waals surface area contributed by atoms with E-state index in [0.29, 0.717) is 49.9 Å². The van der Waals surface area contributed by atoms with E-state index in [2.05, 4.69) is 24.5 Å². The molecule has 3 rings (SSSR count). The topological polar surface area (TPSA) is 92.3 Å². The molecule has 162 valence electrons. The molecule has 1 heterocycles. The molecule has 4 atom stereocenters. The van der Waals surface area contributed by atoms with Crippen molar-refractivity contribution in [3.8, 4) is 0 Å². The van der Waals surface area contributed by atoms with Crippen LogP contribution in [-0.4, -0.2) is 57.0 Å². The molecule has 1 aliphatic heterocycles. The van der Waals surface area contributed by atoms with Gasteiger partial charge >= 0.3 is 0 Å². The smallest absolute Gasteiger partial charge is 0.282 e. The Labute approximate surface area is 174 Å². The van der Waals surface area contributed by atoms with Crippen LogP contribution >= 0.6 is 0 Å². The van der Waals surface area contributed by atoms with E-state index in [0.717, 1.165) is 6.42 Å². The van der Waals surface area contributed by atoms with Crippen molar-refractivity contribution in [3.63, 3.8) is 0 Å². The van der Waals surface area contributed by atoms with Crippen molar-refractivity contribution in [2.75, 3.05) is 31.6 Å². The van der Waals surface area contributed by atoms with Gasteiger partial charge in [-0.3, -0.25) is 4.79 Å². The summed E-state index contributed by atoms with van der Waals surface area (Å²) in [4.78, 5) is 12.9. The van der Waals surface area contributed by atoms with E-state index < -0.39 is 10.0 Å². The molecule has 1 saturated heterocycles. The molecule has 0 bridgehead atoms. The zero-order chi connectivity index (χ0) is 21.0. The maximum absolute atomic E-state index is 12.8. The fourth-order valence-corrected chi connectivity index (χ4v) is 5.73. The maximum Gasteiger partial charge on any atom is 0.282 e. The predicted molar refractivity (Wildman–Crippen MR) is 112 cm³/mol. The lowest BCUT2D eigenvalue weighted by molar-refractivity contribution is -0.715. The number of rotatable bonds is 6. The number of hydrogen-bond donors (Lipinski definition) is 2. The summed E-state index contributed by atoms with van der Waals surface area (Å²) < 4.78 is 32.4. The molecule has 1 aromatic carbocycles. The molecule has 1 aliphatic carbocycles. The third-order valence-corrected chi connectivity index (χ3v) is 8.32. The van der Waals surface area contributed by atoms with Crippen molar-refractivity contribution in [1.29, 1.82) is 0 Å². The zero-order valence-corrected chi connectivity index (χ0v) is 18.5. The van der Waals surface area contributed by atoms with Crippen molar-refractivity contribution < 1.29 is 23.3 Å². The van der Waals surface area contributed by atoms with Crippen LogP contribution in [0.3, 0.4) is 0 Å². The van der Waals surface area contributed by atoms with Crippen molar-refractivity contribution in [2.24, 2.45) is 11.8 Å². The van der Waals surface area contributed by atoms with Crippen LogP contribution in [0.25, 0.3) is 0 Å². The highest BCUT2D eigenvalue weighted by Crippen LogP contribution is 2.27. The Morgan fingerprint density at radius 2 is 1.97 bits per heavy atom. The van der Waals surface area contributed by atoms with Crippen LogP contribution in [0.2, 0.25) is 0 Å². The highest BCUT2D eigenvalue weighted by Gasteiger charge is 2.32. The van der Waals surface area contributed by atoms with Gasteiger partial charge in [0.1, 0.15) is 0 Å². The standard InChI is InChI=1S/C21H33N3O4S/c1-15-6-4-9-20(16(15)2)22-17(3)21(25)23-18-7-5-8-19(14-18)29(26,27)24-10-12-28-13-11-24/h5,7-8,14-17,20,22H,4,6,9-13H2,1-3H3,(H,23,25)/p+1/t15-,16-,17+,20-/m1/s1. The number of nitrogens with two attached hydrogens (primary N) is 1. The average Bonchev–Trinajstić information content (AvgIpc) is 2.72. The van der Waals surface area contributed by atoms with Gasteiger partial charge in [-0.2, -0.15) is 4.31 Å². The van der Waals surface area contributed by atoms with Gasteiger partial charge in [0.15, 0.2) is 6.04 Å². The number of quaternary nitrogens is 1. The molecule has 3 N–H and O–H groups in total. The number of sulfonamides is 1. The predicted octanol–water partition coefficient (Wildman–Crippen LogP) is 1.42. The number of hydrogen-bond acceptors (Lipinski definition) is 4. The molecule has 0 radical (unpaired) electrons. The molecule has 1 saturated carbocycles. The lowest BCUT2D eigenvalue weighted by Crippen LogP contribution is -2.97. The lowest BCUT2D eigenvalue weighted by atomic mass is 9.78. The van der Waals surface area contributed by atoms with E-state index in [-0.39, 0.29) is 16.8 Å². The Balaban J connectivity index is 1.64. The second-order valence-electron chi connectivity index (χ2n) is 8.45. The number of morpholine rings is 1. The first-order valence-corrected chi connectivity index (χ1v) is 12.1. The summed E-state index contributed by atoms with van der Waals surface area (Å²) in [5.74, 6) is 1.17. The summed E-state index contributed by atoms with van der Waals surface area (Å²) in [6.07, 6.45) is 3.61. The third-order valence-electron chi connectivity index (χ3n) is 6.43. The van der Waals surface area contributed by atoms with E-state index >= 15 is 0 Å². The molecule has 7 nitrogen and oxygen atoms in total. The molecule has 2 fully saturated rings. The Hall–Kier alpha value is -1.48. The zero-order valence-electron chi connectivity index (χ0n) is 17.6. The first-order valence-electron chi connectivity index (χ1n) is 10.6. The van der Waals surface area contributed by atoms with Crippen molar-refractivity contribution in [1.82, 2.24) is 4.31 Å². The summed E-state index contributed by atoms with van der Waals surface area (Å²) in [6.45, 7) is 7.98. The number of anilines is 1. The minimum absolute atomic E-state index is 0.101. The summed E-state index contributed by atoms with van der Waals surface area (Å²) in [6, 6.07) is 6.73. The number of nitrogens with zero attached hydrogens (tertiary/aromatic N) is 1. The lowest BCUT2D eigenvalue weighted by Gasteiger charge is -2.33. The number of benzene rings is 1. The Morgan fingerprint density at radius 3 is 2.69 bits per heavy atom. The molecule has 8 heteroatoms. The van der Waals surface area contributed by atoms with Gasteiger partial charge in [-0.05, 0) is 50.3 Å². The van der Waals surface area contributed by atoms with Gasteiger partial charge in [-0.25, -0.2) is 8.42 Å². The molecule has 29 heavy (non-hydrogen) atoms. The maximum atomic E-state index is 12.8. The van der Waals surface area contributed by atoms with Gasteiger partial charge in [0.25, 0.3) is 5.91 Å². The van der Waals surface area contributed by atoms with E-state index in [1.165, 1.54) is 17.1 Å². The highest BCUT2D eigenvalue weighted by molar-refractivity contribution is 7.89. The van der Waals surface area contributed by atoms with Gasteiger partial charge in [0.2, 0.25) is 10.0 Å². The molecule has 1 aromatic rings. The quantitative estimate of drug-likeness (QED) is 0.722. The van der Waals surface area contributed by atoms with Crippen molar-refractivity contribution in [2.45, 2.75) is 57.0 Å². The fourth-order valence-electron chi connectivity index (χ4n) is 4.28. The number of carbonyl (C=O) groups is 1. The number of ether oxygens (including phenoxy) is 1. The Bertz CT molecular complexity index is 808. The highest BCUT2D eigenvalue weighted by atomic mass is 32.2. The van der Waals surface area contributed by atoms with Crippen LogP contribution < -0.4 is 10.6 Å². The Morgan fingerprint density at radius 1 is 1.24 bits per heavy atom. The summed E-state index contributed by atoms with van der Waals surface area (Å²) >= 11 is 0. The van der Waals surface area contributed by atoms with Gasteiger partial charge < -0.3 is 15.4 Å². The van der Waals surface area contributed by atoms with Crippen LogP contribution in [0.15, 0.2) is 29.2 Å². The second-order valence-corrected chi connectivity index (χ2v) is 10.4. The van der Waals surface area contributed by atoms with Crippen LogP contribution in [0, 0.1) is 11.8 Å². The number of carbonyl (C=O) groups excluding carboxylic acids is 1. The first-order chi connectivity index (χ1) is 13.8. The summed E-state index contributed by atoms with van der Waals surface area (Å²) in [5.41, 5.74) is 0.509. The van der Waals surface area contributed by atoms with Crippen LogP contribution in [-0.2, 0) is 19.6 Å². The van der Waals surface area contributed by atoms with Crippen LogP contribution in [0.1, 0.15) is 40.0 Å². The largest absolute Gasteiger partial charge is 0.379 e. The summed E-state index contributed by atoms with van der Waals surface area (Å²) in [7, 11) is -3.58. The summed E-state index contributed by atoms with van der Waals surface area (Å²) in [5, 5.41) is 5.07. The minimum atomic E-state index is -3.58. The first kappa shape index (κ1) is 22.2. The van der Waals surface area contributed by atoms with Crippen molar-refractivity contribution in [3.05, 3.63) is 24.3 Å². The second kappa shape index (κ2) is 9.55. The van der Waals surface area contributed by atoms with Gasteiger partial charge in [0, 0.05) is 24.7 Å². The minimum Gasteiger partial charge on any atom is -0.379 e. The molecule has 0 aromatic heterocycles. The van der Waals surface area contributed by atoms with Gasteiger partial charge in [0.05, 0.1) is 24.2 Å². The molecular weight excluding hydrogens is 390 g/mol. The Kier molecular flexibility index (Phi) is 7.32. The number of nitrogens with one attached hydrogen (secondary N) is 1. The van der Waals surface area contributed by atoms with Crippen LogP contribution in [0.4, 0.5) is 5.69 Å². The SMILES string of the molecule is C[C@@H]1[C@H](C)CCC[C@H]1[NH2+][C@@H](C)C(=O)Nc1cccc(S(=O)(=O)N2CCOCC2)c1. The van der Waals surface area contributed by atoms with Crippen molar-refractivity contribution >= 4 is 21.6 Å². The van der Waals surface area contributed by atoms with E-state index in [1.54, 1.807) is 24.3 Å². The van der Waals surface area contributed by atoms with E-state index in [1.807, 2.05) is 6.92 Å². The molecule has 2 aliphatic rings. The third kappa shape index (κ3) is 5.36. The average molecular weight is 425 g/mol. The fraction of sp³-hybridized carbons (Fsp3) is 0.667. The molecular formula is C21H34N3O4S+. The van der Waals surface area contributed by atoms with E-state index in [4.69, 9.17) is 4.74 Å². The molecule has 1 amide bonds. The van der Waals surface area contributed by atoms with Gasteiger partial charge in [-0.15, -0.1) is 0 Å². The molecule has 0 unspecified atom stereocenters. The molecule has 0 spiro atoms.